The van der Waals surface area contributed by atoms with Crippen molar-refractivity contribution < 1.29 is 0 Å². The third kappa shape index (κ3) is 5.68. The fourth-order valence-electron chi connectivity index (χ4n) is 4.20. The molecule has 34 heavy (non-hydrogen) atoms. The van der Waals surface area contributed by atoms with E-state index in [0.717, 1.165) is 59.7 Å². The average molecular weight is 455 g/mol. The number of nitrogens with zero attached hydrogens (tertiary/aromatic N) is 4. The summed E-state index contributed by atoms with van der Waals surface area (Å²) in [6, 6.07) is 10.6. The SMILES string of the molecule is C#C.C=C1Cc2cc(cnc2N)-c2cncc(c2)N(C)CCCCN(C)c2cccc(c2C)N1. The van der Waals surface area contributed by atoms with Gasteiger partial charge in [-0.05, 0) is 49.6 Å². The highest BCUT2D eigenvalue weighted by Crippen LogP contribution is 2.29. The number of nitrogens with one attached hydrogen (secondary N) is 1. The van der Waals surface area contributed by atoms with Gasteiger partial charge in [0.25, 0.3) is 0 Å². The van der Waals surface area contributed by atoms with Gasteiger partial charge in [-0.2, -0.15) is 0 Å². The highest BCUT2D eigenvalue weighted by molar-refractivity contribution is 5.70. The second kappa shape index (κ2) is 11.2. The predicted molar refractivity (Wildman–Crippen MR) is 145 cm³/mol. The van der Waals surface area contributed by atoms with Crippen molar-refractivity contribution in [2.24, 2.45) is 0 Å². The largest absolute Gasteiger partial charge is 0.383 e. The summed E-state index contributed by atoms with van der Waals surface area (Å²) in [5, 5.41) is 3.50. The van der Waals surface area contributed by atoms with Gasteiger partial charge < -0.3 is 20.9 Å². The minimum absolute atomic E-state index is 0.526. The topological polar surface area (TPSA) is 70.3 Å². The van der Waals surface area contributed by atoms with E-state index < -0.39 is 0 Å². The molecule has 1 aliphatic rings. The predicted octanol–water partition coefficient (Wildman–Crippen LogP) is 5.12. The average Bonchev–Trinajstić information content (AvgIpc) is 2.85. The summed E-state index contributed by atoms with van der Waals surface area (Å²) in [7, 11) is 4.28. The summed E-state index contributed by atoms with van der Waals surface area (Å²) in [5.41, 5.74) is 14.7. The van der Waals surface area contributed by atoms with Crippen LogP contribution in [0, 0.1) is 19.8 Å². The molecule has 1 aromatic carbocycles. The van der Waals surface area contributed by atoms with E-state index in [-0.39, 0.29) is 0 Å². The zero-order valence-electron chi connectivity index (χ0n) is 20.4. The van der Waals surface area contributed by atoms with E-state index >= 15 is 0 Å². The standard InChI is InChI=1S/C26H32N6.C2H2/c1-18-12-20-13-21(16-29-26(20)27)22-14-23(17-28-15-22)31(3)10-5-6-11-32(4)25-9-7-8-24(30-18)19(25)2;1-2/h7-9,13-17,30H,1,5-6,10-12H2,2-4H3,(H2,27,29);1-2H. The Morgan fingerprint density at radius 3 is 2.47 bits per heavy atom. The number of hydrogen-bond acceptors (Lipinski definition) is 6. The van der Waals surface area contributed by atoms with E-state index in [4.69, 9.17) is 5.73 Å². The van der Waals surface area contributed by atoms with Gasteiger partial charge in [0.1, 0.15) is 5.82 Å². The number of nitrogens with two attached hydrogens (primary N) is 1. The van der Waals surface area contributed by atoms with Gasteiger partial charge in [-0.15, -0.1) is 12.8 Å². The zero-order chi connectivity index (χ0) is 24.7. The van der Waals surface area contributed by atoms with Gasteiger partial charge in [0, 0.05) is 79.8 Å². The van der Waals surface area contributed by atoms with Crippen LogP contribution in [0.25, 0.3) is 11.1 Å². The van der Waals surface area contributed by atoms with Crippen molar-refractivity contribution in [3.05, 3.63) is 72.3 Å². The lowest BCUT2D eigenvalue weighted by Gasteiger charge is -2.25. The van der Waals surface area contributed by atoms with Gasteiger partial charge in [-0.25, -0.2) is 4.98 Å². The van der Waals surface area contributed by atoms with E-state index in [2.05, 4.69) is 95.9 Å². The molecule has 0 fully saturated rings. The normalized spacial score (nSPS) is 14.2. The third-order valence-corrected chi connectivity index (χ3v) is 6.17. The number of anilines is 4. The van der Waals surface area contributed by atoms with Crippen LogP contribution < -0.4 is 20.9 Å². The minimum atomic E-state index is 0.526. The molecule has 6 bridgehead atoms. The molecule has 4 rings (SSSR count). The maximum atomic E-state index is 6.22. The van der Waals surface area contributed by atoms with Crippen molar-refractivity contribution in [3.8, 4) is 24.0 Å². The molecular weight excluding hydrogens is 420 g/mol. The molecule has 176 valence electrons. The lowest BCUT2D eigenvalue weighted by atomic mass is 10.0. The molecule has 6 heteroatoms. The highest BCUT2D eigenvalue weighted by Gasteiger charge is 2.13. The molecule has 0 aliphatic carbocycles. The smallest absolute Gasteiger partial charge is 0.126 e. The monoisotopic (exact) mass is 454 g/mol. The van der Waals surface area contributed by atoms with Crippen LogP contribution in [0.3, 0.4) is 0 Å². The number of nitrogen functional groups attached to an aromatic ring is 1. The first kappa shape index (κ1) is 24.7. The number of pyridine rings is 2. The van der Waals surface area contributed by atoms with Gasteiger partial charge in [0.15, 0.2) is 0 Å². The lowest BCUT2D eigenvalue weighted by molar-refractivity contribution is 0.707. The molecule has 0 radical (unpaired) electrons. The number of aromatic nitrogens is 2. The second-order valence-electron chi connectivity index (χ2n) is 8.61. The Morgan fingerprint density at radius 1 is 1.00 bits per heavy atom. The van der Waals surface area contributed by atoms with Crippen LogP contribution in [0.15, 0.2) is 61.2 Å². The lowest BCUT2D eigenvalue weighted by Crippen LogP contribution is -2.23. The minimum Gasteiger partial charge on any atom is -0.383 e. The fraction of sp³-hybridized carbons (Fsp3) is 0.286. The van der Waals surface area contributed by atoms with Gasteiger partial charge in [-0.1, -0.05) is 12.6 Å². The van der Waals surface area contributed by atoms with Crippen molar-refractivity contribution in [3.63, 3.8) is 0 Å². The van der Waals surface area contributed by atoms with Gasteiger partial charge in [0.2, 0.25) is 0 Å². The first-order valence-corrected chi connectivity index (χ1v) is 11.4. The van der Waals surface area contributed by atoms with Crippen LogP contribution in [0.4, 0.5) is 22.9 Å². The number of rotatable bonds is 0. The molecule has 1 aliphatic heterocycles. The van der Waals surface area contributed by atoms with Crippen molar-refractivity contribution in [1.29, 1.82) is 0 Å². The van der Waals surface area contributed by atoms with Crippen LogP contribution >= 0.6 is 0 Å². The number of allylic oxidation sites excluding steroid dienone is 1. The molecule has 2 aromatic heterocycles. The summed E-state index contributed by atoms with van der Waals surface area (Å²) in [6.07, 6.45) is 16.4. The van der Waals surface area contributed by atoms with Crippen molar-refractivity contribution in [1.82, 2.24) is 9.97 Å². The molecule has 3 aromatic rings. The Kier molecular flexibility index (Phi) is 8.15. The molecule has 0 saturated carbocycles. The number of fused-ring (bicyclic) bond motifs is 7. The Morgan fingerprint density at radius 2 is 1.71 bits per heavy atom. The maximum Gasteiger partial charge on any atom is 0.126 e. The van der Waals surface area contributed by atoms with Gasteiger partial charge >= 0.3 is 0 Å². The van der Waals surface area contributed by atoms with Crippen LogP contribution in [0.1, 0.15) is 24.0 Å². The number of terminal acetylenes is 1. The quantitative estimate of drug-likeness (QED) is 0.460. The van der Waals surface area contributed by atoms with E-state index in [1.54, 1.807) is 0 Å². The van der Waals surface area contributed by atoms with Crippen LogP contribution in [-0.2, 0) is 6.42 Å². The molecule has 0 spiro atoms. The molecule has 3 N–H and O–H groups in total. The van der Waals surface area contributed by atoms with Crippen molar-refractivity contribution >= 4 is 22.9 Å². The molecular formula is C28H34N6. The first-order valence-electron chi connectivity index (χ1n) is 11.4. The molecule has 6 nitrogen and oxygen atoms in total. The molecule has 0 saturated heterocycles. The molecule has 3 heterocycles. The fourth-order valence-corrected chi connectivity index (χ4v) is 4.20. The Balaban J connectivity index is 0.00000158. The number of benzene rings is 1. The van der Waals surface area contributed by atoms with Crippen LogP contribution in [0.2, 0.25) is 0 Å². The Hall–Kier alpha value is -3.98. The van der Waals surface area contributed by atoms with E-state index in [0.29, 0.717) is 12.2 Å². The van der Waals surface area contributed by atoms with Crippen molar-refractivity contribution in [2.45, 2.75) is 26.2 Å². The van der Waals surface area contributed by atoms with Crippen LogP contribution in [-0.4, -0.2) is 37.2 Å². The van der Waals surface area contributed by atoms with Crippen LogP contribution in [0.5, 0.6) is 0 Å². The van der Waals surface area contributed by atoms with Gasteiger partial charge in [-0.3, -0.25) is 4.98 Å². The summed E-state index contributed by atoms with van der Waals surface area (Å²) < 4.78 is 0. The summed E-state index contributed by atoms with van der Waals surface area (Å²) in [5.74, 6) is 0.526. The second-order valence-corrected chi connectivity index (χ2v) is 8.61. The van der Waals surface area contributed by atoms with Gasteiger partial charge in [0.05, 0.1) is 11.9 Å². The Labute approximate surface area is 203 Å². The molecule has 0 unspecified atom stereocenters. The zero-order valence-corrected chi connectivity index (χ0v) is 20.4. The Bertz CT molecular complexity index is 1170. The summed E-state index contributed by atoms with van der Waals surface area (Å²) in [4.78, 5) is 13.5. The molecule has 0 atom stereocenters. The van der Waals surface area contributed by atoms with E-state index in [9.17, 15) is 0 Å². The number of hydrogen-bond donors (Lipinski definition) is 2. The van der Waals surface area contributed by atoms with E-state index in [1.165, 1.54) is 11.3 Å². The highest BCUT2D eigenvalue weighted by atomic mass is 15.1. The maximum absolute atomic E-state index is 6.22. The summed E-state index contributed by atoms with van der Waals surface area (Å²) >= 11 is 0. The third-order valence-electron chi connectivity index (χ3n) is 6.17. The van der Waals surface area contributed by atoms with Crippen molar-refractivity contribution in [2.75, 3.05) is 48.0 Å². The molecule has 0 amide bonds. The summed E-state index contributed by atoms with van der Waals surface area (Å²) in [6.45, 7) is 8.40. The van der Waals surface area contributed by atoms with E-state index in [1.807, 2.05) is 18.6 Å². The first-order chi connectivity index (χ1) is 16.4.